The maximum absolute atomic E-state index is 3.18. The Labute approximate surface area is 111 Å². The van der Waals surface area contributed by atoms with Gasteiger partial charge in [0.05, 0.1) is 11.0 Å². The van der Waals surface area contributed by atoms with Crippen molar-refractivity contribution >= 4 is 21.8 Å². The molecule has 19 heavy (non-hydrogen) atoms. The van der Waals surface area contributed by atoms with Crippen LogP contribution in [0.1, 0.15) is 0 Å². The van der Waals surface area contributed by atoms with Crippen molar-refractivity contribution in [3.63, 3.8) is 0 Å². The molecule has 3 aromatic carbocycles. The van der Waals surface area contributed by atoms with E-state index in [4.69, 9.17) is 0 Å². The van der Waals surface area contributed by atoms with E-state index >= 15 is 0 Å². The van der Waals surface area contributed by atoms with Crippen LogP contribution in [0.15, 0.2) is 66.7 Å². The minimum atomic E-state index is 1.17. The molecule has 1 nitrogen and oxygen atoms in total. The van der Waals surface area contributed by atoms with Crippen LogP contribution in [-0.4, -0.2) is 4.57 Å². The quantitative estimate of drug-likeness (QED) is 0.466. The molecule has 2 radical (unpaired) electrons. The Balaban J connectivity index is 2.24. The number of hydrogen-bond donors (Lipinski definition) is 0. The predicted octanol–water partition coefficient (Wildman–Crippen LogP) is 4.38. The second-order valence-electron chi connectivity index (χ2n) is 4.56. The fourth-order valence-electron chi connectivity index (χ4n) is 2.65. The van der Waals surface area contributed by atoms with Gasteiger partial charge in [0.25, 0.3) is 0 Å². The highest BCUT2D eigenvalue weighted by molar-refractivity contribution is 6.09. The fourth-order valence-corrected chi connectivity index (χ4v) is 2.65. The first-order chi connectivity index (χ1) is 9.45. The molecule has 0 bridgehead atoms. The van der Waals surface area contributed by atoms with E-state index in [0.717, 1.165) is 0 Å². The Bertz CT molecular complexity index is 803. The van der Waals surface area contributed by atoms with Gasteiger partial charge in [0.2, 0.25) is 0 Å². The fraction of sp³-hybridized carbons (Fsp3) is 0. The molecule has 0 fully saturated rings. The lowest BCUT2D eigenvalue weighted by molar-refractivity contribution is 1.18. The van der Waals surface area contributed by atoms with Gasteiger partial charge >= 0.3 is 0 Å². The van der Waals surface area contributed by atoms with Crippen molar-refractivity contribution in [3.8, 4) is 5.69 Å². The van der Waals surface area contributed by atoms with E-state index in [1.54, 1.807) is 0 Å². The molecule has 0 saturated heterocycles. The number of hydrogen-bond acceptors (Lipinski definition) is 0. The van der Waals surface area contributed by atoms with Gasteiger partial charge in [0.15, 0.2) is 0 Å². The van der Waals surface area contributed by atoms with E-state index < -0.39 is 0 Å². The van der Waals surface area contributed by atoms with Gasteiger partial charge in [-0.3, -0.25) is 0 Å². The summed E-state index contributed by atoms with van der Waals surface area (Å²) < 4.78 is 2.26. The highest BCUT2D eigenvalue weighted by Gasteiger charge is 2.10. The summed E-state index contributed by atoms with van der Waals surface area (Å²) in [5.74, 6) is 0. The molecule has 4 rings (SSSR count). The molecular weight excluding hydrogens is 230 g/mol. The largest absolute Gasteiger partial charge is 0.309 e. The first-order valence-electron chi connectivity index (χ1n) is 6.31. The summed E-state index contributed by atoms with van der Waals surface area (Å²) in [6.07, 6.45) is 0. The third-order valence-corrected chi connectivity index (χ3v) is 3.47. The van der Waals surface area contributed by atoms with Gasteiger partial charge in [-0.1, -0.05) is 42.5 Å². The molecule has 88 valence electrons. The topological polar surface area (TPSA) is 4.93 Å². The number of para-hydroxylation sites is 1. The summed E-state index contributed by atoms with van der Waals surface area (Å²) in [6.45, 7) is 0. The monoisotopic (exact) mass is 241 g/mol. The molecule has 1 heterocycles. The van der Waals surface area contributed by atoms with Crippen molar-refractivity contribution in [3.05, 3.63) is 78.9 Å². The van der Waals surface area contributed by atoms with Crippen molar-refractivity contribution < 1.29 is 0 Å². The summed E-state index contributed by atoms with van der Waals surface area (Å²) in [5.41, 5.74) is 3.54. The Morgan fingerprint density at radius 1 is 0.684 bits per heavy atom. The maximum atomic E-state index is 3.18. The van der Waals surface area contributed by atoms with Crippen LogP contribution in [0.2, 0.25) is 0 Å². The van der Waals surface area contributed by atoms with Gasteiger partial charge in [0, 0.05) is 16.5 Å². The number of aromatic nitrogens is 1. The first kappa shape index (κ1) is 10.4. The van der Waals surface area contributed by atoms with Gasteiger partial charge in [-0.15, -0.1) is 0 Å². The highest BCUT2D eigenvalue weighted by Crippen LogP contribution is 2.31. The van der Waals surface area contributed by atoms with Gasteiger partial charge < -0.3 is 4.57 Å². The summed E-state index contributed by atoms with van der Waals surface area (Å²) in [7, 11) is 0. The van der Waals surface area contributed by atoms with Crippen molar-refractivity contribution in [2.24, 2.45) is 0 Å². The molecule has 0 spiro atoms. The predicted molar refractivity (Wildman–Crippen MR) is 78.5 cm³/mol. The van der Waals surface area contributed by atoms with E-state index in [-0.39, 0.29) is 0 Å². The number of benzene rings is 3. The second kappa shape index (κ2) is 3.99. The van der Waals surface area contributed by atoms with Crippen molar-refractivity contribution in [2.75, 3.05) is 0 Å². The van der Waals surface area contributed by atoms with Gasteiger partial charge in [-0.25, -0.2) is 0 Å². The maximum Gasteiger partial charge on any atom is 0.0547 e. The zero-order valence-corrected chi connectivity index (χ0v) is 10.3. The zero-order valence-electron chi connectivity index (χ0n) is 10.3. The molecule has 0 aliphatic carbocycles. The molecule has 0 amide bonds. The van der Waals surface area contributed by atoms with Gasteiger partial charge in [-0.2, -0.15) is 0 Å². The average molecular weight is 241 g/mol. The van der Waals surface area contributed by atoms with E-state index in [0.29, 0.717) is 0 Å². The van der Waals surface area contributed by atoms with Crippen LogP contribution in [0.4, 0.5) is 0 Å². The molecule has 0 aliphatic heterocycles. The van der Waals surface area contributed by atoms with Crippen LogP contribution in [0.5, 0.6) is 0 Å². The number of nitrogens with zero attached hydrogens (tertiary/aromatic N) is 1. The van der Waals surface area contributed by atoms with Crippen molar-refractivity contribution in [2.45, 2.75) is 0 Å². The lowest BCUT2D eigenvalue weighted by atomic mass is 10.2. The third-order valence-electron chi connectivity index (χ3n) is 3.47. The minimum Gasteiger partial charge on any atom is -0.309 e. The lowest BCUT2D eigenvalue weighted by Gasteiger charge is -2.06. The van der Waals surface area contributed by atoms with Crippen LogP contribution >= 0.6 is 0 Å². The van der Waals surface area contributed by atoms with Crippen LogP contribution < -0.4 is 0 Å². The Kier molecular flexibility index (Phi) is 2.18. The van der Waals surface area contributed by atoms with E-state index in [2.05, 4.69) is 53.1 Å². The first-order valence-corrected chi connectivity index (χ1v) is 6.31. The SMILES string of the molecule is [c]1ccc2c3cc[c]cc3n(-c3ccccc3)c2c1. The standard InChI is InChI=1S/C18H11N/c1-2-8-14(9-3-1)19-17-12-6-4-10-15(17)16-11-5-7-13-18(16)19/h1-5,8-13H. The van der Waals surface area contributed by atoms with Crippen LogP contribution in [0.25, 0.3) is 27.5 Å². The van der Waals surface area contributed by atoms with E-state index in [9.17, 15) is 0 Å². The smallest absolute Gasteiger partial charge is 0.0547 e. The van der Waals surface area contributed by atoms with Crippen LogP contribution in [0.3, 0.4) is 0 Å². The van der Waals surface area contributed by atoms with Crippen LogP contribution in [0, 0.1) is 12.1 Å². The summed E-state index contributed by atoms with van der Waals surface area (Å²) in [6, 6.07) is 29.0. The summed E-state index contributed by atoms with van der Waals surface area (Å²) in [5, 5.41) is 2.51. The normalized spacial score (nSPS) is 11.2. The van der Waals surface area contributed by atoms with E-state index in [1.165, 1.54) is 27.5 Å². The van der Waals surface area contributed by atoms with E-state index in [1.807, 2.05) is 30.3 Å². The van der Waals surface area contributed by atoms with Crippen LogP contribution in [-0.2, 0) is 0 Å². The molecule has 0 aliphatic rings. The minimum absolute atomic E-state index is 1.17. The molecule has 0 N–H and O–H groups in total. The second-order valence-corrected chi connectivity index (χ2v) is 4.56. The Hall–Kier alpha value is -2.54. The third kappa shape index (κ3) is 1.48. The highest BCUT2D eigenvalue weighted by atomic mass is 15.0. The molecule has 0 saturated carbocycles. The molecular formula is C18H11N. The number of fused-ring (bicyclic) bond motifs is 3. The molecule has 1 heteroatoms. The average Bonchev–Trinajstić information content (AvgIpc) is 2.83. The van der Waals surface area contributed by atoms with Crippen molar-refractivity contribution in [1.82, 2.24) is 4.57 Å². The van der Waals surface area contributed by atoms with Crippen molar-refractivity contribution in [1.29, 1.82) is 0 Å². The lowest BCUT2D eigenvalue weighted by Crippen LogP contribution is -1.92. The van der Waals surface area contributed by atoms with Gasteiger partial charge in [-0.05, 0) is 36.4 Å². The number of rotatable bonds is 1. The molecule has 1 aromatic heterocycles. The summed E-state index contributed by atoms with van der Waals surface area (Å²) in [4.78, 5) is 0. The summed E-state index contributed by atoms with van der Waals surface area (Å²) >= 11 is 0. The molecule has 0 unspecified atom stereocenters. The Morgan fingerprint density at radius 3 is 1.84 bits per heavy atom. The van der Waals surface area contributed by atoms with Gasteiger partial charge in [0.1, 0.15) is 0 Å². The molecule has 0 atom stereocenters. The Morgan fingerprint density at radius 2 is 1.26 bits per heavy atom. The zero-order chi connectivity index (χ0) is 12.7. The molecule has 4 aromatic rings.